The van der Waals surface area contributed by atoms with Crippen LogP contribution in [0.3, 0.4) is 0 Å². The summed E-state index contributed by atoms with van der Waals surface area (Å²) in [5.74, 6) is 1.45. The quantitative estimate of drug-likeness (QED) is 0.867. The Morgan fingerprint density at radius 2 is 1.96 bits per heavy atom. The normalized spacial score (nSPS) is 25.8. The molecule has 4 rings (SSSR count). The van der Waals surface area contributed by atoms with Crippen molar-refractivity contribution >= 4 is 0 Å². The fraction of sp³-hybridized carbons (Fsp3) is 0.455. The van der Waals surface area contributed by atoms with Crippen LogP contribution in [0.1, 0.15) is 17.5 Å². The fourth-order valence-corrected chi connectivity index (χ4v) is 4.28. The Kier molecular flexibility index (Phi) is 5.25. The maximum absolute atomic E-state index is 9.93. The molecule has 2 aromatic carbocycles. The van der Waals surface area contributed by atoms with E-state index in [2.05, 4.69) is 35.2 Å². The van der Waals surface area contributed by atoms with E-state index in [-0.39, 0.29) is 12.0 Å². The third kappa shape index (κ3) is 3.78. The van der Waals surface area contributed by atoms with Crippen LogP contribution in [0, 0.1) is 11.3 Å². The minimum absolute atomic E-state index is 0.0698. The molecule has 2 aromatic rings. The van der Waals surface area contributed by atoms with Crippen molar-refractivity contribution < 1.29 is 14.6 Å². The van der Waals surface area contributed by atoms with Gasteiger partial charge in [0.25, 0.3) is 0 Å². The monoisotopic (exact) mass is 353 g/mol. The van der Waals surface area contributed by atoms with Crippen molar-refractivity contribution in [1.82, 2.24) is 4.90 Å². The summed E-state index contributed by atoms with van der Waals surface area (Å²) in [5, 5.41) is 9.93. The lowest BCUT2D eigenvalue weighted by Gasteiger charge is -2.36. The number of likely N-dealkylation sites (tertiary alicyclic amines) is 1. The summed E-state index contributed by atoms with van der Waals surface area (Å²) >= 11 is 0. The van der Waals surface area contributed by atoms with Crippen LogP contribution in [0.5, 0.6) is 5.75 Å². The first-order valence-corrected chi connectivity index (χ1v) is 9.44. The molecule has 4 nitrogen and oxygen atoms in total. The average molecular weight is 353 g/mol. The van der Waals surface area contributed by atoms with Crippen molar-refractivity contribution in [2.75, 3.05) is 32.9 Å². The first-order valence-electron chi connectivity index (χ1n) is 9.44. The van der Waals surface area contributed by atoms with Gasteiger partial charge in [-0.25, -0.2) is 0 Å². The average Bonchev–Trinajstić information content (AvgIpc) is 3.06. The summed E-state index contributed by atoms with van der Waals surface area (Å²) in [4.78, 5) is 2.45. The molecular weight excluding hydrogens is 326 g/mol. The molecule has 2 fully saturated rings. The number of aliphatic hydroxyl groups excluding tert-OH is 1. The molecule has 0 radical (unpaired) electrons. The Balaban J connectivity index is 1.38. The van der Waals surface area contributed by atoms with E-state index in [0.717, 1.165) is 38.4 Å². The van der Waals surface area contributed by atoms with E-state index in [4.69, 9.17) is 9.47 Å². The Labute approximate surface area is 155 Å². The molecule has 0 aliphatic carbocycles. The molecule has 0 unspecified atom stereocenters. The molecular formula is C22H27NO3. The van der Waals surface area contributed by atoms with Gasteiger partial charge in [0, 0.05) is 31.7 Å². The molecule has 26 heavy (non-hydrogen) atoms. The second-order valence-electron chi connectivity index (χ2n) is 7.65. The van der Waals surface area contributed by atoms with E-state index in [1.165, 1.54) is 11.1 Å². The molecule has 1 N–H and O–H groups in total. The predicted octanol–water partition coefficient (Wildman–Crippen LogP) is 3.10. The fourth-order valence-electron chi connectivity index (χ4n) is 4.28. The van der Waals surface area contributed by atoms with Crippen molar-refractivity contribution in [3.05, 3.63) is 65.7 Å². The van der Waals surface area contributed by atoms with Crippen LogP contribution in [0.2, 0.25) is 0 Å². The zero-order valence-corrected chi connectivity index (χ0v) is 15.1. The van der Waals surface area contributed by atoms with Crippen LogP contribution in [-0.4, -0.2) is 42.9 Å². The zero-order chi connectivity index (χ0) is 17.8. The minimum atomic E-state index is -0.0698. The molecule has 0 bridgehead atoms. The molecule has 0 spiro atoms. The van der Waals surface area contributed by atoms with Gasteiger partial charge in [0.15, 0.2) is 0 Å². The van der Waals surface area contributed by atoms with Gasteiger partial charge in [0.05, 0.1) is 13.2 Å². The van der Waals surface area contributed by atoms with Crippen molar-refractivity contribution in [2.45, 2.75) is 19.6 Å². The lowest BCUT2D eigenvalue weighted by Crippen LogP contribution is -2.42. The van der Waals surface area contributed by atoms with Crippen LogP contribution >= 0.6 is 0 Å². The van der Waals surface area contributed by atoms with Gasteiger partial charge in [-0.3, -0.25) is 4.90 Å². The maximum Gasteiger partial charge on any atom is 0.120 e. The number of rotatable bonds is 6. The molecule has 0 saturated carbocycles. The van der Waals surface area contributed by atoms with Gasteiger partial charge in [0.2, 0.25) is 0 Å². The highest BCUT2D eigenvalue weighted by atomic mass is 16.5. The summed E-state index contributed by atoms with van der Waals surface area (Å²) < 4.78 is 11.6. The van der Waals surface area contributed by atoms with Crippen LogP contribution < -0.4 is 4.74 Å². The lowest BCUT2D eigenvalue weighted by atomic mass is 9.76. The Hall–Kier alpha value is -1.88. The number of nitrogens with zero attached hydrogens (tertiary/aromatic N) is 1. The smallest absolute Gasteiger partial charge is 0.120 e. The van der Waals surface area contributed by atoms with Gasteiger partial charge >= 0.3 is 0 Å². The Bertz CT molecular complexity index is 720. The summed E-state index contributed by atoms with van der Waals surface area (Å²) in [7, 11) is 0. The minimum Gasteiger partial charge on any atom is -0.489 e. The summed E-state index contributed by atoms with van der Waals surface area (Å²) in [6.45, 7) is 5.15. The van der Waals surface area contributed by atoms with Gasteiger partial charge in [-0.05, 0) is 35.6 Å². The first kappa shape index (κ1) is 17.5. The second-order valence-corrected chi connectivity index (χ2v) is 7.65. The largest absolute Gasteiger partial charge is 0.489 e. The summed E-state index contributed by atoms with van der Waals surface area (Å²) in [6, 6.07) is 18.6. The van der Waals surface area contributed by atoms with E-state index in [1.54, 1.807) is 0 Å². The van der Waals surface area contributed by atoms with Gasteiger partial charge in [-0.2, -0.15) is 0 Å². The van der Waals surface area contributed by atoms with Gasteiger partial charge in [-0.1, -0.05) is 42.5 Å². The third-order valence-electron chi connectivity index (χ3n) is 5.75. The van der Waals surface area contributed by atoms with Crippen LogP contribution in [0.25, 0.3) is 0 Å². The Morgan fingerprint density at radius 1 is 1.12 bits per heavy atom. The van der Waals surface area contributed by atoms with E-state index >= 15 is 0 Å². The molecule has 138 valence electrons. The number of hydrogen-bond donors (Lipinski definition) is 1. The molecule has 2 saturated heterocycles. The molecule has 0 amide bonds. The molecule has 2 aliphatic rings. The van der Waals surface area contributed by atoms with Crippen LogP contribution in [0.15, 0.2) is 54.6 Å². The SMILES string of the molecule is OC[C@]12COCC[C@H]1CN(Cc1cccc(OCc3ccccc3)c1)C2. The number of fused-ring (bicyclic) bond motifs is 1. The Morgan fingerprint density at radius 3 is 2.77 bits per heavy atom. The molecule has 0 aromatic heterocycles. The van der Waals surface area contributed by atoms with Gasteiger partial charge < -0.3 is 14.6 Å². The van der Waals surface area contributed by atoms with E-state index in [9.17, 15) is 5.11 Å². The molecule has 2 aliphatic heterocycles. The highest BCUT2D eigenvalue weighted by Gasteiger charge is 2.47. The second kappa shape index (κ2) is 7.78. The van der Waals surface area contributed by atoms with Crippen molar-refractivity contribution in [3.8, 4) is 5.75 Å². The van der Waals surface area contributed by atoms with Gasteiger partial charge in [-0.15, -0.1) is 0 Å². The topological polar surface area (TPSA) is 41.9 Å². The number of aliphatic hydroxyl groups is 1. The van der Waals surface area contributed by atoms with Crippen LogP contribution in [0.4, 0.5) is 0 Å². The van der Waals surface area contributed by atoms with E-state index in [0.29, 0.717) is 19.1 Å². The summed E-state index contributed by atoms with van der Waals surface area (Å²) in [5.41, 5.74) is 2.36. The third-order valence-corrected chi connectivity index (χ3v) is 5.75. The molecule has 2 heterocycles. The summed E-state index contributed by atoms with van der Waals surface area (Å²) in [6.07, 6.45) is 1.05. The maximum atomic E-state index is 9.93. The highest BCUT2D eigenvalue weighted by Crippen LogP contribution is 2.41. The van der Waals surface area contributed by atoms with Crippen LogP contribution in [-0.2, 0) is 17.9 Å². The van der Waals surface area contributed by atoms with E-state index < -0.39 is 0 Å². The highest BCUT2D eigenvalue weighted by molar-refractivity contribution is 5.29. The van der Waals surface area contributed by atoms with Crippen molar-refractivity contribution in [1.29, 1.82) is 0 Å². The molecule has 4 heteroatoms. The lowest BCUT2D eigenvalue weighted by molar-refractivity contribution is -0.0561. The molecule has 2 atom stereocenters. The predicted molar refractivity (Wildman–Crippen MR) is 101 cm³/mol. The number of hydrogen-bond acceptors (Lipinski definition) is 4. The number of ether oxygens (including phenoxy) is 2. The zero-order valence-electron chi connectivity index (χ0n) is 15.1. The van der Waals surface area contributed by atoms with Crippen molar-refractivity contribution in [2.24, 2.45) is 11.3 Å². The van der Waals surface area contributed by atoms with E-state index in [1.807, 2.05) is 24.3 Å². The first-order chi connectivity index (χ1) is 12.8. The standard InChI is InChI=1S/C22H27NO3/c24-16-22-15-23(13-20(22)9-10-25-17-22)12-19-7-4-8-21(11-19)26-14-18-5-2-1-3-6-18/h1-8,11,20,24H,9-10,12-17H2/t20-,22+/m0/s1. The number of benzene rings is 2. The van der Waals surface area contributed by atoms with Crippen molar-refractivity contribution in [3.63, 3.8) is 0 Å². The van der Waals surface area contributed by atoms with Gasteiger partial charge in [0.1, 0.15) is 12.4 Å².